The first-order chi connectivity index (χ1) is 15.8. The van der Waals surface area contributed by atoms with Gasteiger partial charge in [-0.15, -0.1) is 0 Å². The highest BCUT2D eigenvalue weighted by Gasteiger charge is 2.29. The van der Waals surface area contributed by atoms with Crippen molar-refractivity contribution in [3.05, 3.63) is 23.5 Å². The number of aliphatic hydroxyl groups is 1. The van der Waals surface area contributed by atoms with Crippen LogP contribution in [0.2, 0.25) is 5.15 Å². The summed E-state index contributed by atoms with van der Waals surface area (Å²) in [6.07, 6.45) is 0.289. The quantitative estimate of drug-likeness (QED) is 0.406. The third-order valence-corrected chi connectivity index (χ3v) is 5.87. The van der Waals surface area contributed by atoms with E-state index in [0.29, 0.717) is 28.2 Å². The molecule has 1 aliphatic carbocycles. The number of nitrogens with one attached hydrogen (secondary N) is 2. The van der Waals surface area contributed by atoms with Gasteiger partial charge < -0.3 is 24.9 Å². The molecular weight excluding hydrogens is 463 g/mol. The topological polar surface area (TPSA) is 105 Å². The zero-order chi connectivity index (χ0) is 23.6. The van der Waals surface area contributed by atoms with Gasteiger partial charge in [-0.25, -0.2) is 9.97 Å². The number of hydrogen-bond acceptors (Lipinski definition) is 8. The van der Waals surface area contributed by atoms with E-state index in [1.807, 2.05) is 0 Å². The Kier molecular flexibility index (Phi) is 6.80. The maximum absolute atomic E-state index is 12.7. The van der Waals surface area contributed by atoms with Crippen LogP contribution in [0.4, 0.5) is 24.9 Å². The van der Waals surface area contributed by atoms with Crippen LogP contribution in [0.1, 0.15) is 25.7 Å². The molecule has 0 bridgehead atoms. The van der Waals surface area contributed by atoms with E-state index < -0.39 is 12.7 Å². The maximum Gasteiger partial charge on any atom is 0.405 e. The van der Waals surface area contributed by atoms with Gasteiger partial charge in [0.05, 0.1) is 18.9 Å². The highest BCUT2D eigenvalue weighted by atomic mass is 35.5. The second-order valence-electron chi connectivity index (χ2n) is 7.95. The number of fused-ring (bicyclic) bond motifs is 1. The minimum atomic E-state index is -4.43. The lowest BCUT2D eigenvalue weighted by Gasteiger charge is -2.29. The molecule has 0 atom stereocenters. The summed E-state index contributed by atoms with van der Waals surface area (Å²) in [5.41, 5.74) is 0.823. The number of ether oxygens (including phenoxy) is 1. The summed E-state index contributed by atoms with van der Waals surface area (Å²) in [4.78, 5) is 12.4. The molecule has 1 saturated carbocycles. The van der Waals surface area contributed by atoms with Crippen LogP contribution in [0, 0.1) is 5.92 Å². The summed E-state index contributed by atoms with van der Waals surface area (Å²) in [6.45, 7) is -1.15. The Morgan fingerprint density at radius 2 is 1.97 bits per heavy atom. The largest absolute Gasteiger partial charge is 0.481 e. The second-order valence-corrected chi connectivity index (χ2v) is 8.31. The Labute approximate surface area is 192 Å². The average molecular weight is 486 g/mol. The summed E-state index contributed by atoms with van der Waals surface area (Å²) in [7, 11) is 1.50. The molecular formula is C21H23ClF3N5O3. The van der Waals surface area contributed by atoms with Gasteiger partial charge in [-0.3, -0.25) is 0 Å². The molecule has 3 N–H and O–H groups in total. The van der Waals surface area contributed by atoms with E-state index in [-0.39, 0.29) is 35.5 Å². The summed E-state index contributed by atoms with van der Waals surface area (Å²) in [5, 5.41) is 15.5. The molecule has 3 aromatic rings. The number of aromatic nitrogens is 3. The molecule has 1 fully saturated rings. The molecule has 0 saturated heterocycles. The van der Waals surface area contributed by atoms with Crippen LogP contribution in [-0.4, -0.2) is 52.5 Å². The average Bonchev–Trinajstić information content (AvgIpc) is 3.20. The second kappa shape index (κ2) is 9.60. The number of anilines is 2. The first-order valence-electron chi connectivity index (χ1n) is 10.4. The third kappa shape index (κ3) is 5.59. The van der Waals surface area contributed by atoms with Gasteiger partial charge >= 0.3 is 6.18 Å². The minimum absolute atomic E-state index is 0.0131. The fraction of sp³-hybridized carbons (Fsp3) is 0.476. The number of rotatable bonds is 7. The maximum atomic E-state index is 12.7. The van der Waals surface area contributed by atoms with Crippen LogP contribution in [0.3, 0.4) is 0 Å². The number of halogens is 4. The lowest BCUT2D eigenvalue weighted by molar-refractivity contribution is -0.115. The molecule has 4 rings (SSSR count). The zero-order valence-electron chi connectivity index (χ0n) is 17.7. The molecule has 8 nitrogen and oxygen atoms in total. The molecule has 0 unspecified atom stereocenters. The van der Waals surface area contributed by atoms with Crippen LogP contribution >= 0.6 is 11.6 Å². The standard InChI is InChI=1S/C21H23ClF3N5O3/c1-32-16-7-12-6-14(33-15(12)8-26-16)17-18(22)29-20(27-10-21(23,24)25)30-19(17)28-13-4-2-11(9-31)3-5-13/h6-8,11,13,31H,2-5,9-10H2,1H3,(H2,27,28,29,30). The van der Waals surface area contributed by atoms with Gasteiger partial charge in [-0.05, 0) is 37.7 Å². The first kappa shape index (κ1) is 23.4. The highest BCUT2D eigenvalue weighted by molar-refractivity contribution is 6.32. The zero-order valence-corrected chi connectivity index (χ0v) is 18.5. The van der Waals surface area contributed by atoms with Gasteiger partial charge in [0.25, 0.3) is 0 Å². The van der Waals surface area contributed by atoms with E-state index in [1.165, 1.54) is 13.3 Å². The van der Waals surface area contributed by atoms with Crippen molar-refractivity contribution >= 4 is 34.3 Å². The Morgan fingerprint density at radius 3 is 2.64 bits per heavy atom. The summed E-state index contributed by atoms with van der Waals surface area (Å²) < 4.78 is 49.1. The summed E-state index contributed by atoms with van der Waals surface area (Å²) in [6, 6.07) is 3.43. The van der Waals surface area contributed by atoms with Crippen LogP contribution in [0.5, 0.6) is 5.88 Å². The number of alkyl halides is 3. The molecule has 3 heterocycles. The van der Waals surface area contributed by atoms with E-state index in [1.54, 1.807) is 12.1 Å². The number of nitrogens with zero attached hydrogens (tertiary/aromatic N) is 3. The summed E-state index contributed by atoms with van der Waals surface area (Å²) >= 11 is 6.42. The van der Waals surface area contributed by atoms with E-state index >= 15 is 0 Å². The Balaban J connectivity index is 1.70. The molecule has 0 spiro atoms. The molecule has 1 aliphatic rings. The lowest BCUT2D eigenvalue weighted by atomic mass is 9.86. The number of pyridine rings is 1. The van der Waals surface area contributed by atoms with Gasteiger partial charge in [0.1, 0.15) is 23.3 Å². The molecule has 0 amide bonds. The van der Waals surface area contributed by atoms with Crippen molar-refractivity contribution < 1.29 is 27.4 Å². The monoisotopic (exact) mass is 485 g/mol. The molecule has 12 heteroatoms. The smallest absolute Gasteiger partial charge is 0.405 e. The van der Waals surface area contributed by atoms with Gasteiger partial charge in [0.2, 0.25) is 11.8 Å². The number of aliphatic hydroxyl groups excluding tert-OH is 1. The van der Waals surface area contributed by atoms with Crippen molar-refractivity contribution in [2.45, 2.75) is 37.9 Å². The molecule has 0 radical (unpaired) electrons. The number of furan rings is 1. The molecule has 33 heavy (non-hydrogen) atoms. The van der Waals surface area contributed by atoms with Gasteiger partial charge in [-0.2, -0.15) is 18.2 Å². The first-order valence-corrected chi connectivity index (χ1v) is 10.8. The number of hydrogen-bond donors (Lipinski definition) is 3. The van der Waals surface area contributed by atoms with Crippen molar-refractivity contribution in [1.82, 2.24) is 15.0 Å². The third-order valence-electron chi connectivity index (χ3n) is 5.59. The van der Waals surface area contributed by atoms with Crippen LogP contribution in [0.15, 0.2) is 22.7 Å². The van der Waals surface area contributed by atoms with Crippen LogP contribution in [0.25, 0.3) is 22.3 Å². The van der Waals surface area contributed by atoms with E-state index in [2.05, 4.69) is 25.6 Å². The predicted molar refractivity (Wildman–Crippen MR) is 118 cm³/mol. The fourth-order valence-electron chi connectivity index (χ4n) is 3.86. The summed E-state index contributed by atoms with van der Waals surface area (Å²) in [5.74, 6) is 1.03. The number of methoxy groups -OCH3 is 1. The Bertz CT molecular complexity index is 1120. The minimum Gasteiger partial charge on any atom is -0.481 e. The fourth-order valence-corrected chi connectivity index (χ4v) is 4.12. The van der Waals surface area contributed by atoms with Gasteiger partial charge in [0.15, 0.2) is 5.58 Å². The van der Waals surface area contributed by atoms with E-state index in [9.17, 15) is 18.3 Å². The molecule has 3 aromatic heterocycles. The van der Waals surface area contributed by atoms with Gasteiger partial charge in [0, 0.05) is 24.1 Å². The Morgan fingerprint density at radius 1 is 1.21 bits per heavy atom. The van der Waals surface area contributed by atoms with E-state index in [0.717, 1.165) is 25.7 Å². The molecule has 0 aromatic carbocycles. The normalized spacial score (nSPS) is 19.0. The predicted octanol–water partition coefficient (Wildman–Crippen LogP) is 4.88. The van der Waals surface area contributed by atoms with Gasteiger partial charge in [-0.1, -0.05) is 11.6 Å². The van der Waals surface area contributed by atoms with Crippen molar-refractivity contribution in [3.63, 3.8) is 0 Å². The van der Waals surface area contributed by atoms with Crippen molar-refractivity contribution in [2.24, 2.45) is 5.92 Å². The SMILES string of the molecule is COc1cc2cc(-c3c(Cl)nc(NCC(F)(F)F)nc3NC3CCC(CO)CC3)oc2cn1. The van der Waals surface area contributed by atoms with Crippen LogP contribution in [-0.2, 0) is 0 Å². The lowest BCUT2D eigenvalue weighted by Crippen LogP contribution is -2.28. The van der Waals surface area contributed by atoms with Crippen LogP contribution < -0.4 is 15.4 Å². The van der Waals surface area contributed by atoms with Crippen molar-refractivity contribution in [1.29, 1.82) is 0 Å². The van der Waals surface area contributed by atoms with E-state index in [4.69, 9.17) is 20.8 Å². The van der Waals surface area contributed by atoms with Crippen molar-refractivity contribution in [3.8, 4) is 17.2 Å². The molecule has 178 valence electrons. The molecule has 0 aliphatic heterocycles. The Hall–Kier alpha value is -2.79. The van der Waals surface area contributed by atoms with Crippen molar-refractivity contribution in [2.75, 3.05) is 30.9 Å². The highest BCUT2D eigenvalue weighted by Crippen LogP contribution is 2.39.